The van der Waals surface area contributed by atoms with Gasteiger partial charge in [0.05, 0.1) is 11.5 Å². The summed E-state index contributed by atoms with van der Waals surface area (Å²) in [5.74, 6) is 0. The van der Waals surface area contributed by atoms with Crippen LogP contribution in [-0.2, 0) is 0 Å². The third-order valence-electron chi connectivity index (χ3n) is 1.93. The standard InChI is InChI=1S/C8H9ClN2O5/c9-8-5(7(14)6(13)3-12)1-4(2-10-8)11(15)16/h1-2,6-7,12-14H,3H2. The predicted octanol–water partition coefficient (Wildman–Crippen LogP) is 0.0298. The van der Waals surface area contributed by atoms with Crippen molar-refractivity contribution in [1.82, 2.24) is 4.98 Å². The number of hydrogen-bond donors (Lipinski definition) is 3. The Hall–Kier alpha value is -1.28. The van der Waals surface area contributed by atoms with Crippen molar-refractivity contribution in [2.75, 3.05) is 6.61 Å². The molecule has 0 fully saturated rings. The van der Waals surface area contributed by atoms with E-state index in [-0.39, 0.29) is 16.4 Å². The van der Waals surface area contributed by atoms with Gasteiger partial charge in [-0.05, 0) is 0 Å². The molecule has 0 aliphatic rings. The molecule has 0 aliphatic heterocycles. The van der Waals surface area contributed by atoms with Gasteiger partial charge in [-0.25, -0.2) is 4.98 Å². The topological polar surface area (TPSA) is 117 Å². The van der Waals surface area contributed by atoms with Crippen LogP contribution in [0.1, 0.15) is 11.7 Å². The number of hydrogen-bond acceptors (Lipinski definition) is 6. The first-order chi connectivity index (χ1) is 7.47. The van der Waals surface area contributed by atoms with Crippen LogP contribution in [0.5, 0.6) is 0 Å². The summed E-state index contributed by atoms with van der Waals surface area (Å²) in [5.41, 5.74) is -0.457. The molecule has 0 bridgehead atoms. The van der Waals surface area contributed by atoms with Crippen LogP contribution >= 0.6 is 11.6 Å². The van der Waals surface area contributed by atoms with Crippen molar-refractivity contribution in [2.45, 2.75) is 12.2 Å². The molecule has 0 spiro atoms. The van der Waals surface area contributed by atoms with Gasteiger partial charge in [-0.1, -0.05) is 11.6 Å². The largest absolute Gasteiger partial charge is 0.394 e. The Balaban J connectivity index is 3.11. The second-order valence-corrected chi connectivity index (χ2v) is 3.38. The number of nitrogens with zero attached hydrogens (tertiary/aromatic N) is 2. The molecule has 8 heteroatoms. The number of rotatable bonds is 4. The van der Waals surface area contributed by atoms with Gasteiger partial charge in [0, 0.05) is 11.6 Å². The molecule has 1 rings (SSSR count). The van der Waals surface area contributed by atoms with Gasteiger partial charge in [-0.2, -0.15) is 0 Å². The van der Waals surface area contributed by atoms with E-state index in [1.807, 2.05) is 0 Å². The van der Waals surface area contributed by atoms with E-state index in [1.54, 1.807) is 0 Å². The molecule has 0 radical (unpaired) electrons. The molecule has 0 amide bonds. The van der Waals surface area contributed by atoms with E-state index >= 15 is 0 Å². The first-order valence-corrected chi connectivity index (χ1v) is 4.62. The molecule has 3 N–H and O–H groups in total. The Labute approximate surface area is 95.1 Å². The Morgan fingerprint density at radius 3 is 2.69 bits per heavy atom. The lowest BCUT2D eigenvalue weighted by molar-refractivity contribution is -0.385. The van der Waals surface area contributed by atoms with Crippen LogP contribution in [0.2, 0.25) is 5.15 Å². The molecule has 7 nitrogen and oxygen atoms in total. The number of aliphatic hydroxyl groups excluding tert-OH is 3. The van der Waals surface area contributed by atoms with Crippen LogP contribution in [-0.4, -0.2) is 37.9 Å². The minimum Gasteiger partial charge on any atom is -0.394 e. The van der Waals surface area contributed by atoms with Gasteiger partial charge in [-0.3, -0.25) is 10.1 Å². The number of pyridine rings is 1. The third kappa shape index (κ3) is 2.64. The maximum absolute atomic E-state index is 10.5. The lowest BCUT2D eigenvalue weighted by Crippen LogP contribution is -2.22. The van der Waals surface area contributed by atoms with E-state index in [0.29, 0.717) is 0 Å². The lowest BCUT2D eigenvalue weighted by Gasteiger charge is -2.16. The molecule has 1 aromatic heterocycles. The van der Waals surface area contributed by atoms with Crippen LogP contribution in [0.15, 0.2) is 12.3 Å². The van der Waals surface area contributed by atoms with E-state index in [0.717, 1.165) is 12.3 Å². The summed E-state index contributed by atoms with van der Waals surface area (Å²) < 4.78 is 0. The van der Waals surface area contributed by atoms with E-state index in [4.69, 9.17) is 16.7 Å². The quantitative estimate of drug-likeness (QED) is 0.393. The normalized spacial score (nSPS) is 14.5. The number of aliphatic hydroxyl groups is 3. The second kappa shape index (κ2) is 5.17. The average molecular weight is 249 g/mol. The van der Waals surface area contributed by atoms with Crippen LogP contribution in [0.3, 0.4) is 0 Å². The van der Waals surface area contributed by atoms with Gasteiger partial charge >= 0.3 is 0 Å². The third-order valence-corrected chi connectivity index (χ3v) is 2.25. The zero-order chi connectivity index (χ0) is 12.3. The van der Waals surface area contributed by atoms with E-state index in [1.165, 1.54) is 0 Å². The van der Waals surface area contributed by atoms with Gasteiger partial charge in [-0.15, -0.1) is 0 Å². The van der Waals surface area contributed by atoms with Crippen molar-refractivity contribution in [3.63, 3.8) is 0 Å². The molecule has 0 aliphatic carbocycles. The molecule has 0 aromatic carbocycles. The first-order valence-electron chi connectivity index (χ1n) is 4.24. The Morgan fingerprint density at radius 1 is 1.56 bits per heavy atom. The van der Waals surface area contributed by atoms with E-state index in [2.05, 4.69) is 4.98 Å². The Bertz CT molecular complexity index is 400. The molecular weight excluding hydrogens is 240 g/mol. The van der Waals surface area contributed by atoms with Crippen molar-refractivity contribution in [1.29, 1.82) is 0 Å². The molecule has 1 aromatic rings. The number of aromatic nitrogens is 1. The molecule has 2 unspecified atom stereocenters. The molecule has 0 saturated carbocycles. The highest BCUT2D eigenvalue weighted by Crippen LogP contribution is 2.26. The smallest absolute Gasteiger partial charge is 0.288 e. The minimum absolute atomic E-state index is 0.0996. The maximum Gasteiger partial charge on any atom is 0.288 e. The molecule has 0 saturated heterocycles. The van der Waals surface area contributed by atoms with Crippen molar-refractivity contribution in [3.8, 4) is 0 Å². The molecular formula is C8H9ClN2O5. The van der Waals surface area contributed by atoms with Gasteiger partial charge in [0.2, 0.25) is 0 Å². The van der Waals surface area contributed by atoms with Crippen molar-refractivity contribution in [3.05, 3.63) is 33.1 Å². The number of nitro groups is 1. The highest BCUT2D eigenvalue weighted by atomic mass is 35.5. The summed E-state index contributed by atoms with van der Waals surface area (Å²) in [7, 11) is 0. The Kier molecular flexibility index (Phi) is 4.13. The van der Waals surface area contributed by atoms with Crippen LogP contribution in [0, 0.1) is 10.1 Å². The monoisotopic (exact) mass is 248 g/mol. The minimum atomic E-state index is -1.52. The summed E-state index contributed by atoms with van der Waals surface area (Å²) in [4.78, 5) is 13.3. The molecule has 16 heavy (non-hydrogen) atoms. The van der Waals surface area contributed by atoms with Crippen LogP contribution < -0.4 is 0 Å². The Morgan fingerprint density at radius 2 is 2.19 bits per heavy atom. The summed E-state index contributed by atoms with van der Waals surface area (Å²) in [6.45, 7) is -0.694. The summed E-state index contributed by atoms with van der Waals surface area (Å²) in [6.07, 6.45) is -2.06. The highest BCUT2D eigenvalue weighted by molar-refractivity contribution is 6.30. The highest BCUT2D eigenvalue weighted by Gasteiger charge is 2.23. The average Bonchev–Trinajstić information content (AvgIpc) is 2.27. The van der Waals surface area contributed by atoms with Crippen molar-refractivity contribution >= 4 is 17.3 Å². The maximum atomic E-state index is 10.5. The zero-order valence-electron chi connectivity index (χ0n) is 7.95. The van der Waals surface area contributed by atoms with Gasteiger partial charge in [0.25, 0.3) is 5.69 Å². The van der Waals surface area contributed by atoms with E-state index < -0.39 is 23.7 Å². The molecule has 2 atom stereocenters. The molecule has 1 heterocycles. The van der Waals surface area contributed by atoms with Crippen molar-refractivity contribution in [2.24, 2.45) is 0 Å². The first kappa shape index (κ1) is 12.8. The van der Waals surface area contributed by atoms with Crippen LogP contribution in [0.4, 0.5) is 5.69 Å². The predicted molar refractivity (Wildman–Crippen MR) is 54.0 cm³/mol. The van der Waals surface area contributed by atoms with Crippen molar-refractivity contribution < 1.29 is 20.2 Å². The fourth-order valence-electron chi connectivity index (χ4n) is 1.07. The number of halogens is 1. The van der Waals surface area contributed by atoms with Gasteiger partial charge < -0.3 is 15.3 Å². The second-order valence-electron chi connectivity index (χ2n) is 3.03. The summed E-state index contributed by atoms with van der Waals surface area (Å²) >= 11 is 5.61. The fraction of sp³-hybridized carbons (Fsp3) is 0.375. The summed E-state index contributed by atoms with van der Waals surface area (Å²) in [6, 6.07) is 0.999. The fourth-order valence-corrected chi connectivity index (χ4v) is 1.28. The SMILES string of the molecule is O=[N+]([O-])c1cnc(Cl)c(C(O)C(O)CO)c1. The van der Waals surface area contributed by atoms with Gasteiger partial charge in [0.15, 0.2) is 0 Å². The lowest BCUT2D eigenvalue weighted by atomic mass is 10.1. The molecule has 88 valence electrons. The van der Waals surface area contributed by atoms with E-state index in [9.17, 15) is 20.3 Å². The summed E-state index contributed by atoms with van der Waals surface area (Å²) in [5, 5.41) is 37.6. The zero-order valence-corrected chi connectivity index (χ0v) is 8.70. The van der Waals surface area contributed by atoms with Gasteiger partial charge in [0.1, 0.15) is 23.6 Å². The van der Waals surface area contributed by atoms with Crippen LogP contribution in [0.25, 0.3) is 0 Å².